The van der Waals surface area contributed by atoms with Gasteiger partial charge in [0.05, 0.1) is 6.04 Å². The molecule has 3 rings (SSSR count). The van der Waals surface area contributed by atoms with Crippen LogP contribution in [0.4, 0.5) is 11.8 Å². The van der Waals surface area contributed by atoms with E-state index in [1.807, 2.05) is 4.68 Å². The minimum Gasteiger partial charge on any atom is -0.377 e. The summed E-state index contributed by atoms with van der Waals surface area (Å²) >= 11 is 5.89. The lowest BCUT2D eigenvalue weighted by Gasteiger charge is -2.23. The Kier molecular flexibility index (Phi) is 3.89. The number of methoxy groups -OCH3 is 1. The second kappa shape index (κ2) is 5.82. The Labute approximate surface area is 126 Å². The van der Waals surface area contributed by atoms with Gasteiger partial charge in [-0.05, 0) is 12.8 Å². The van der Waals surface area contributed by atoms with Crippen LogP contribution in [0.5, 0.6) is 0 Å². The first kappa shape index (κ1) is 14.0. The standard InChI is InChI=1S/C12H16ClN7O/c1-21-6-10-17-11-7(3-2-4-20(11)19-10)15-9-5-8(13)16-12(14)18-9/h5,7H,2-4,6H2,1H3,(H3,14,15,16,18). The average molecular weight is 310 g/mol. The summed E-state index contributed by atoms with van der Waals surface area (Å²) in [6.45, 7) is 1.26. The average Bonchev–Trinajstić information content (AvgIpc) is 2.81. The first-order chi connectivity index (χ1) is 10.2. The molecule has 9 heteroatoms. The summed E-state index contributed by atoms with van der Waals surface area (Å²) in [5.41, 5.74) is 5.61. The highest BCUT2D eigenvalue weighted by Gasteiger charge is 2.24. The number of hydrogen-bond donors (Lipinski definition) is 2. The SMILES string of the molecule is COCc1nc2n(n1)CCCC2Nc1cc(Cl)nc(N)n1. The molecule has 0 radical (unpaired) electrons. The maximum absolute atomic E-state index is 5.89. The highest BCUT2D eigenvalue weighted by Crippen LogP contribution is 2.27. The molecular formula is C12H16ClN7O. The third kappa shape index (κ3) is 3.06. The van der Waals surface area contributed by atoms with Crippen LogP contribution in [-0.2, 0) is 17.9 Å². The van der Waals surface area contributed by atoms with Crippen LogP contribution in [-0.4, -0.2) is 31.8 Å². The fourth-order valence-corrected chi connectivity index (χ4v) is 2.60. The molecule has 1 aliphatic rings. The molecule has 3 N–H and O–H groups in total. The molecule has 0 saturated carbocycles. The van der Waals surface area contributed by atoms with Gasteiger partial charge in [0.25, 0.3) is 0 Å². The number of nitrogens with zero attached hydrogens (tertiary/aromatic N) is 5. The number of aryl methyl sites for hydroxylation is 1. The molecule has 0 fully saturated rings. The smallest absolute Gasteiger partial charge is 0.223 e. The largest absolute Gasteiger partial charge is 0.377 e. The maximum atomic E-state index is 5.89. The number of fused-ring (bicyclic) bond motifs is 1. The van der Waals surface area contributed by atoms with Crippen molar-refractivity contribution in [2.24, 2.45) is 0 Å². The monoisotopic (exact) mass is 309 g/mol. The fraction of sp³-hybridized carbons (Fsp3) is 0.500. The quantitative estimate of drug-likeness (QED) is 0.822. The third-order valence-corrected chi connectivity index (χ3v) is 3.42. The molecule has 0 saturated heterocycles. The van der Waals surface area contributed by atoms with Crippen molar-refractivity contribution in [2.75, 3.05) is 18.2 Å². The number of ether oxygens (including phenoxy) is 1. The van der Waals surface area contributed by atoms with Crippen LogP contribution in [0, 0.1) is 0 Å². The number of nitrogens with one attached hydrogen (secondary N) is 1. The third-order valence-electron chi connectivity index (χ3n) is 3.23. The molecule has 0 aromatic carbocycles. The highest BCUT2D eigenvalue weighted by atomic mass is 35.5. The van der Waals surface area contributed by atoms with Crippen LogP contribution in [0.15, 0.2) is 6.07 Å². The molecule has 8 nitrogen and oxygen atoms in total. The molecule has 0 aliphatic carbocycles. The van der Waals surface area contributed by atoms with Gasteiger partial charge in [0.1, 0.15) is 23.4 Å². The van der Waals surface area contributed by atoms with Crippen LogP contribution in [0.25, 0.3) is 0 Å². The van der Waals surface area contributed by atoms with E-state index in [2.05, 4.69) is 25.4 Å². The fourth-order valence-electron chi connectivity index (χ4n) is 2.41. The van der Waals surface area contributed by atoms with E-state index >= 15 is 0 Å². The highest BCUT2D eigenvalue weighted by molar-refractivity contribution is 6.29. The zero-order valence-electron chi connectivity index (χ0n) is 11.6. The van der Waals surface area contributed by atoms with Crippen LogP contribution in [0.2, 0.25) is 5.15 Å². The summed E-state index contributed by atoms with van der Waals surface area (Å²) in [5, 5.41) is 8.03. The molecule has 2 aromatic heterocycles. The van der Waals surface area contributed by atoms with Crippen molar-refractivity contribution in [1.29, 1.82) is 0 Å². The van der Waals surface area contributed by atoms with Gasteiger partial charge in [-0.25, -0.2) is 14.6 Å². The number of anilines is 2. The van der Waals surface area contributed by atoms with E-state index in [1.165, 1.54) is 0 Å². The second-order valence-electron chi connectivity index (χ2n) is 4.82. The number of hydrogen-bond acceptors (Lipinski definition) is 7. The van der Waals surface area contributed by atoms with E-state index in [4.69, 9.17) is 22.1 Å². The summed E-state index contributed by atoms with van der Waals surface area (Å²) in [6.07, 6.45) is 1.95. The van der Waals surface area contributed by atoms with E-state index in [1.54, 1.807) is 13.2 Å². The number of nitrogen functional groups attached to an aromatic ring is 1. The van der Waals surface area contributed by atoms with Crippen LogP contribution in [0.3, 0.4) is 0 Å². The lowest BCUT2D eigenvalue weighted by atomic mass is 10.1. The predicted octanol–water partition coefficient (Wildman–Crippen LogP) is 1.40. The van der Waals surface area contributed by atoms with Crippen molar-refractivity contribution in [3.05, 3.63) is 22.9 Å². The maximum Gasteiger partial charge on any atom is 0.223 e. The topological polar surface area (TPSA) is 104 Å². The minimum absolute atomic E-state index is 0.0159. The Morgan fingerprint density at radius 1 is 1.48 bits per heavy atom. The van der Waals surface area contributed by atoms with Crippen LogP contribution < -0.4 is 11.1 Å². The van der Waals surface area contributed by atoms with Crippen molar-refractivity contribution in [1.82, 2.24) is 24.7 Å². The van der Waals surface area contributed by atoms with Gasteiger partial charge in [-0.3, -0.25) is 0 Å². The molecule has 21 heavy (non-hydrogen) atoms. The summed E-state index contributed by atoms with van der Waals surface area (Å²) in [5.74, 6) is 2.28. The van der Waals surface area contributed by atoms with Gasteiger partial charge in [0.2, 0.25) is 5.95 Å². The summed E-state index contributed by atoms with van der Waals surface area (Å²) < 4.78 is 6.98. The molecule has 0 bridgehead atoms. The molecule has 1 atom stereocenters. The van der Waals surface area contributed by atoms with Gasteiger partial charge in [-0.2, -0.15) is 10.1 Å². The predicted molar refractivity (Wildman–Crippen MR) is 77.8 cm³/mol. The second-order valence-corrected chi connectivity index (χ2v) is 5.20. The summed E-state index contributed by atoms with van der Waals surface area (Å²) in [4.78, 5) is 12.5. The zero-order valence-corrected chi connectivity index (χ0v) is 12.3. The Morgan fingerprint density at radius 3 is 3.10 bits per heavy atom. The van der Waals surface area contributed by atoms with E-state index < -0.39 is 0 Å². The van der Waals surface area contributed by atoms with E-state index in [0.717, 1.165) is 25.2 Å². The van der Waals surface area contributed by atoms with Gasteiger partial charge in [0.15, 0.2) is 5.82 Å². The Bertz CT molecular complexity index is 624. The van der Waals surface area contributed by atoms with Gasteiger partial charge < -0.3 is 15.8 Å². The van der Waals surface area contributed by atoms with Crippen molar-refractivity contribution in [3.8, 4) is 0 Å². The molecule has 3 heterocycles. The number of rotatable bonds is 4. The van der Waals surface area contributed by atoms with Gasteiger partial charge in [-0.1, -0.05) is 11.6 Å². The van der Waals surface area contributed by atoms with E-state index in [0.29, 0.717) is 23.4 Å². The summed E-state index contributed by atoms with van der Waals surface area (Å²) in [6, 6.07) is 1.66. The molecule has 2 aromatic rings. The van der Waals surface area contributed by atoms with Crippen LogP contribution in [0.1, 0.15) is 30.5 Å². The lowest BCUT2D eigenvalue weighted by Crippen LogP contribution is -2.23. The first-order valence-electron chi connectivity index (χ1n) is 6.65. The number of aromatic nitrogens is 5. The molecule has 1 unspecified atom stereocenters. The normalized spacial score (nSPS) is 17.5. The van der Waals surface area contributed by atoms with Crippen LogP contribution >= 0.6 is 11.6 Å². The van der Waals surface area contributed by atoms with Gasteiger partial charge in [-0.15, -0.1) is 0 Å². The van der Waals surface area contributed by atoms with Gasteiger partial charge in [0, 0.05) is 19.7 Å². The molecular weight excluding hydrogens is 294 g/mol. The van der Waals surface area contributed by atoms with Crippen molar-refractivity contribution in [2.45, 2.75) is 32.0 Å². The van der Waals surface area contributed by atoms with Crippen molar-refractivity contribution in [3.63, 3.8) is 0 Å². The van der Waals surface area contributed by atoms with E-state index in [-0.39, 0.29) is 12.0 Å². The number of halogens is 1. The molecule has 1 aliphatic heterocycles. The summed E-state index contributed by atoms with van der Waals surface area (Å²) in [7, 11) is 1.63. The van der Waals surface area contributed by atoms with Crippen molar-refractivity contribution >= 4 is 23.4 Å². The zero-order chi connectivity index (χ0) is 14.8. The molecule has 0 spiro atoms. The molecule has 112 valence electrons. The van der Waals surface area contributed by atoms with E-state index in [9.17, 15) is 0 Å². The van der Waals surface area contributed by atoms with Crippen molar-refractivity contribution < 1.29 is 4.74 Å². The molecule has 0 amide bonds. The lowest BCUT2D eigenvalue weighted by molar-refractivity contribution is 0.177. The Balaban J connectivity index is 1.84. The first-order valence-corrected chi connectivity index (χ1v) is 7.02. The minimum atomic E-state index is 0.0159. The Hall–Kier alpha value is -1.93. The number of nitrogens with two attached hydrogens (primary N) is 1. The van der Waals surface area contributed by atoms with Gasteiger partial charge >= 0.3 is 0 Å². The Morgan fingerprint density at radius 2 is 2.33 bits per heavy atom.